The van der Waals surface area contributed by atoms with Crippen molar-refractivity contribution in [2.45, 2.75) is 24.0 Å². The Morgan fingerprint density at radius 1 is 0.659 bits per heavy atom. The highest BCUT2D eigenvalue weighted by molar-refractivity contribution is 5.87. The lowest BCUT2D eigenvalue weighted by atomic mass is 9.53. The Morgan fingerprint density at radius 2 is 1.18 bits per heavy atom. The minimum Gasteiger partial charge on any atom is -0.491 e. The summed E-state index contributed by atoms with van der Waals surface area (Å²) in [4.78, 5) is 0. The summed E-state index contributed by atoms with van der Waals surface area (Å²) in [7, 11) is 0. The third-order valence-corrected chi connectivity index (χ3v) is 9.63. The molecule has 0 N–H and O–H groups in total. The molecule has 2 fully saturated rings. The first-order valence-corrected chi connectivity index (χ1v) is 15.6. The van der Waals surface area contributed by atoms with Gasteiger partial charge in [0.25, 0.3) is 0 Å². The van der Waals surface area contributed by atoms with Crippen LogP contribution in [0.25, 0.3) is 21.5 Å². The molecule has 3 aliphatic rings. The molecule has 5 aromatic carbocycles. The Balaban J connectivity index is 1.29. The van der Waals surface area contributed by atoms with Gasteiger partial charge < -0.3 is 18.9 Å². The first-order valence-electron chi connectivity index (χ1n) is 15.6. The van der Waals surface area contributed by atoms with Crippen LogP contribution in [-0.4, -0.2) is 38.6 Å². The van der Waals surface area contributed by atoms with Crippen LogP contribution in [0.2, 0.25) is 0 Å². The van der Waals surface area contributed by atoms with Crippen molar-refractivity contribution < 1.29 is 18.9 Å². The molecule has 4 heteroatoms. The van der Waals surface area contributed by atoms with Gasteiger partial charge in [0, 0.05) is 5.92 Å². The van der Waals surface area contributed by atoms with Crippen molar-refractivity contribution in [2.24, 2.45) is 11.8 Å². The summed E-state index contributed by atoms with van der Waals surface area (Å²) in [6, 6.07) is 35.5. The van der Waals surface area contributed by atoms with Crippen LogP contribution in [0.15, 0.2) is 122 Å². The fourth-order valence-corrected chi connectivity index (χ4v) is 7.23. The summed E-state index contributed by atoms with van der Waals surface area (Å²) in [6.45, 7) is 11.5. The normalized spacial score (nSPS) is 25.3. The maximum atomic E-state index is 6.00. The molecule has 0 amide bonds. The minimum atomic E-state index is -0.463. The Hall–Kier alpha value is -4.38. The van der Waals surface area contributed by atoms with Crippen LogP contribution in [0.4, 0.5) is 0 Å². The molecular weight excluding hydrogens is 544 g/mol. The van der Waals surface area contributed by atoms with E-state index in [4.69, 9.17) is 18.9 Å². The number of hydrogen-bond donors (Lipinski definition) is 0. The Bertz CT molecular complexity index is 1780. The van der Waals surface area contributed by atoms with Crippen molar-refractivity contribution in [3.05, 3.63) is 145 Å². The third kappa shape index (κ3) is 4.79. The highest BCUT2D eigenvalue weighted by atomic mass is 16.6. The van der Waals surface area contributed by atoms with Gasteiger partial charge in [-0.2, -0.15) is 0 Å². The molecule has 8 rings (SSSR count). The van der Waals surface area contributed by atoms with Crippen LogP contribution in [0, 0.1) is 11.8 Å². The molecule has 4 nitrogen and oxygen atoms in total. The molecule has 0 aromatic heterocycles. The van der Waals surface area contributed by atoms with Gasteiger partial charge in [0.2, 0.25) is 0 Å². The zero-order chi connectivity index (χ0) is 29.7. The number of epoxide rings is 2. The van der Waals surface area contributed by atoms with E-state index in [2.05, 4.69) is 122 Å². The number of rotatable bonds is 10. The maximum Gasteiger partial charge on any atom is 0.120 e. The maximum absolute atomic E-state index is 6.00. The molecule has 4 atom stereocenters. The van der Waals surface area contributed by atoms with Crippen LogP contribution >= 0.6 is 0 Å². The van der Waals surface area contributed by atoms with Crippen LogP contribution in [0.1, 0.15) is 22.3 Å². The standard InChI is InChI=1S/C40H36O4/c1-3-26-17-31-7-5-6-8-39(31)40(38(26)4-2,32-13-9-29-20-34(15-11-27(29)18-32)41-22-36-24-43-36)33-14-10-30-21-35(16-12-28(30)19-33)42-23-37-25-44-37/h3-16,18-21,26,36-38H,1-2,17,22-25H2. The van der Waals surface area contributed by atoms with E-state index in [1.165, 1.54) is 33.0 Å². The van der Waals surface area contributed by atoms with Crippen molar-refractivity contribution in [3.8, 4) is 11.5 Å². The molecule has 44 heavy (non-hydrogen) atoms. The zero-order valence-corrected chi connectivity index (χ0v) is 24.8. The second-order valence-electron chi connectivity index (χ2n) is 12.3. The predicted octanol–water partition coefficient (Wildman–Crippen LogP) is 8.04. The fraction of sp³-hybridized carbons (Fsp3) is 0.250. The number of fused-ring (bicyclic) bond motifs is 3. The SMILES string of the molecule is C=CC1Cc2ccccc2C(c2ccc3cc(OCC4CO4)ccc3c2)(c2ccc3cc(OCC4CO4)ccc3c2)C1C=C. The monoisotopic (exact) mass is 580 g/mol. The van der Waals surface area contributed by atoms with E-state index in [1.54, 1.807) is 0 Å². The van der Waals surface area contributed by atoms with E-state index in [9.17, 15) is 0 Å². The molecule has 2 aliphatic heterocycles. The summed E-state index contributed by atoms with van der Waals surface area (Å²) < 4.78 is 22.6. The number of allylic oxidation sites excluding steroid dienone is 2. The van der Waals surface area contributed by atoms with Crippen molar-refractivity contribution >= 4 is 21.5 Å². The van der Waals surface area contributed by atoms with Gasteiger partial charge in [-0.25, -0.2) is 0 Å². The Labute approximate surface area is 258 Å². The molecular formula is C40H36O4. The predicted molar refractivity (Wildman–Crippen MR) is 176 cm³/mol. The van der Waals surface area contributed by atoms with Gasteiger partial charge in [0.1, 0.15) is 36.9 Å². The highest BCUT2D eigenvalue weighted by Gasteiger charge is 2.49. The summed E-state index contributed by atoms with van der Waals surface area (Å²) in [5.74, 6) is 2.08. The average molecular weight is 581 g/mol. The van der Waals surface area contributed by atoms with E-state index in [-0.39, 0.29) is 24.0 Å². The summed E-state index contributed by atoms with van der Waals surface area (Å²) in [5.41, 5.74) is 4.72. The molecule has 0 spiro atoms. The van der Waals surface area contributed by atoms with Crippen LogP contribution in [0.5, 0.6) is 11.5 Å². The van der Waals surface area contributed by atoms with Crippen LogP contribution in [0.3, 0.4) is 0 Å². The zero-order valence-electron chi connectivity index (χ0n) is 24.8. The lowest BCUT2D eigenvalue weighted by Crippen LogP contribution is -2.45. The smallest absolute Gasteiger partial charge is 0.120 e. The number of ether oxygens (including phenoxy) is 4. The van der Waals surface area contributed by atoms with Crippen molar-refractivity contribution in [2.75, 3.05) is 26.4 Å². The highest BCUT2D eigenvalue weighted by Crippen LogP contribution is 2.54. The van der Waals surface area contributed by atoms with E-state index < -0.39 is 5.41 Å². The van der Waals surface area contributed by atoms with Gasteiger partial charge >= 0.3 is 0 Å². The summed E-state index contributed by atoms with van der Waals surface area (Å²) in [6.07, 6.45) is 5.68. The molecule has 1 aliphatic carbocycles. The topological polar surface area (TPSA) is 43.5 Å². The van der Waals surface area contributed by atoms with Gasteiger partial charge in [-0.1, -0.05) is 72.8 Å². The van der Waals surface area contributed by atoms with Crippen LogP contribution < -0.4 is 9.47 Å². The number of hydrogen-bond acceptors (Lipinski definition) is 4. The quantitative estimate of drug-likeness (QED) is 0.124. The van der Waals surface area contributed by atoms with E-state index >= 15 is 0 Å². The van der Waals surface area contributed by atoms with Crippen LogP contribution in [-0.2, 0) is 21.3 Å². The summed E-state index contributed by atoms with van der Waals surface area (Å²) in [5, 5.41) is 4.67. The molecule has 0 radical (unpaired) electrons. The molecule has 2 saturated heterocycles. The molecule has 0 saturated carbocycles. The van der Waals surface area contributed by atoms with Gasteiger partial charge in [-0.3, -0.25) is 0 Å². The molecule has 2 heterocycles. The van der Waals surface area contributed by atoms with E-state index in [0.717, 1.165) is 41.9 Å². The van der Waals surface area contributed by atoms with E-state index in [1.807, 2.05) is 0 Å². The fourth-order valence-electron chi connectivity index (χ4n) is 7.23. The largest absolute Gasteiger partial charge is 0.491 e. The lowest BCUT2D eigenvalue weighted by Gasteiger charge is -2.49. The minimum absolute atomic E-state index is 0.104. The van der Waals surface area contributed by atoms with Gasteiger partial charge in [0.15, 0.2) is 0 Å². The molecule has 4 unspecified atom stereocenters. The van der Waals surface area contributed by atoms with E-state index in [0.29, 0.717) is 13.2 Å². The van der Waals surface area contributed by atoms with Gasteiger partial charge in [-0.05, 0) is 92.5 Å². The summed E-state index contributed by atoms with van der Waals surface area (Å²) >= 11 is 0. The molecule has 220 valence electrons. The number of benzene rings is 5. The van der Waals surface area contributed by atoms with Gasteiger partial charge in [0.05, 0.1) is 18.6 Å². The second kappa shape index (κ2) is 11.0. The molecule has 0 bridgehead atoms. The van der Waals surface area contributed by atoms with Gasteiger partial charge in [-0.15, -0.1) is 13.2 Å². The Kier molecular flexibility index (Phi) is 6.77. The Morgan fingerprint density at radius 3 is 1.70 bits per heavy atom. The van der Waals surface area contributed by atoms with Crippen molar-refractivity contribution in [3.63, 3.8) is 0 Å². The second-order valence-corrected chi connectivity index (χ2v) is 12.3. The van der Waals surface area contributed by atoms with Crippen molar-refractivity contribution in [1.29, 1.82) is 0 Å². The third-order valence-electron chi connectivity index (χ3n) is 9.63. The first kappa shape index (κ1) is 27.2. The average Bonchev–Trinajstić information content (AvgIpc) is 4.01. The van der Waals surface area contributed by atoms with Crippen molar-refractivity contribution in [1.82, 2.24) is 0 Å². The first-order chi connectivity index (χ1) is 21.6. The molecule has 5 aromatic rings. The lowest BCUT2D eigenvalue weighted by molar-refractivity contribution is 0.263.